The van der Waals surface area contributed by atoms with Gasteiger partial charge in [-0.2, -0.15) is 0 Å². The molecule has 0 saturated heterocycles. The molecule has 216 valence electrons. The summed E-state index contributed by atoms with van der Waals surface area (Å²) in [6.45, 7) is 4.66. The van der Waals surface area contributed by atoms with Crippen LogP contribution in [-0.2, 0) is 6.42 Å². The number of hydrogen-bond donors (Lipinski definition) is 0. The highest BCUT2D eigenvalue weighted by molar-refractivity contribution is 5.26. The Morgan fingerprint density at radius 2 is 0.921 bits per heavy atom. The molecule has 0 aliphatic heterocycles. The van der Waals surface area contributed by atoms with Gasteiger partial charge in [0.15, 0.2) is 0 Å². The largest absolute Gasteiger partial charge is 0.0654 e. The quantitative estimate of drug-likeness (QED) is 0.202. The number of benzene rings is 1. The van der Waals surface area contributed by atoms with E-state index in [1.54, 1.807) is 36.8 Å². The Hall–Kier alpha value is -0.780. The molecular weight excluding hydrogens is 456 g/mol. The van der Waals surface area contributed by atoms with E-state index in [4.69, 9.17) is 0 Å². The molecule has 3 saturated carbocycles. The minimum atomic E-state index is 0.835. The molecule has 1 aromatic carbocycles. The molecule has 3 aliphatic carbocycles. The van der Waals surface area contributed by atoms with E-state index in [0.29, 0.717) is 0 Å². The Labute approximate surface area is 238 Å². The van der Waals surface area contributed by atoms with Gasteiger partial charge in [0.1, 0.15) is 0 Å². The van der Waals surface area contributed by atoms with Crippen LogP contribution in [0.2, 0.25) is 0 Å². The topological polar surface area (TPSA) is 0 Å². The number of rotatable bonds is 15. The number of hydrogen-bond acceptors (Lipinski definition) is 0. The Kier molecular flexibility index (Phi) is 13.6. The Balaban J connectivity index is 1.08. The molecule has 3 fully saturated rings. The fourth-order valence-electron chi connectivity index (χ4n) is 8.73. The lowest BCUT2D eigenvalue weighted by Gasteiger charge is -2.38. The van der Waals surface area contributed by atoms with Gasteiger partial charge in [0.2, 0.25) is 0 Å². The normalized spacial score (nSPS) is 30.4. The fraction of sp³-hybridized carbons (Fsp3) is 0.842. The zero-order valence-corrected chi connectivity index (χ0v) is 25.7. The third kappa shape index (κ3) is 10.0. The fourth-order valence-corrected chi connectivity index (χ4v) is 8.73. The molecule has 0 heterocycles. The van der Waals surface area contributed by atoms with Crippen molar-refractivity contribution in [2.24, 2.45) is 29.6 Å². The lowest BCUT2D eigenvalue weighted by Crippen LogP contribution is -2.26. The molecule has 0 bridgehead atoms. The van der Waals surface area contributed by atoms with Crippen LogP contribution in [0.5, 0.6) is 0 Å². The van der Waals surface area contributed by atoms with Crippen molar-refractivity contribution in [3.8, 4) is 0 Å². The van der Waals surface area contributed by atoms with Gasteiger partial charge >= 0.3 is 0 Å². The molecule has 0 aromatic heterocycles. The minimum Gasteiger partial charge on any atom is -0.0654 e. The average molecular weight is 521 g/mol. The van der Waals surface area contributed by atoms with Crippen LogP contribution < -0.4 is 0 Å². The molecular formula is C38H64. The van der Waals surface area contributed by atoms with Crippen molar-refractivity contribution >= 4 is 0 Å². The molecule has 0 amide bonds. The maximum atomic E-state index is 2.50. The Morgan fingerprint density at radius 1 is 0.474 bits per heavy atom. The van der Waals surface area contributed by atoms with Crippen LogP contribution in [0.15, 0.2) is 24.3 Å². The highest BCUT2D eigenvalue weighted by atomic mass is 14.4. The molecule has 0 nitrogen and oxygen atoms in total. The first-order chi connectivity index (χ1) is 18.7. The average Bonchev–Trinajstić information content (AvgIpc) is 2.97. The van der Waals surface area contributed by atoms with Gasteiger partial charge in [-0.25, -0.2) is 0 Å². The predicted molar refractivity (Wildman–Crippen MR) is 168 cm³/mol. The van der Waals surface area contributed by atoms with Crippen molar-refractivity contribution in [3.63, 3.8) is 0 Å². The first-order valence-corrected chi connectivity index (χ1v) is 17.8. The summed E-state index contributed by atoms with van der Waals surface area (Å²) in [5.41, 5.74) is 3.23. The van der Waals surface area contributed by atoms with Crippen molar-refractivity contribution in [1.29, 1.82) is 0 Å². The summed E-state index contributed by atoms with van der Waals surface area (Å²) in [6, 6.07) is 9.97. The van der Waals surface area contributed by atoms with Crippen LogP contribution in [0.1, 0.15) is 179 Å². The van der Waals surface area contributed by atoms with Crippen molar-refractivity contribution in [2.45, 2.75) is 174 Å². The Bertz CT molecular complexity index is 707. The lowest BCUT2D eigenvalue weighted by molar-refractivity contribution is 0.140. The lowest BCUT2D eigenvalue weighted by atomic mass is 9.68. The summed E-state index contributed by atoms with van der Waals surface area (Å²) in [6.07, 6.45) is 35.4. The standard InChI is InChI=1S/C38H64/c1-3-5-7-8-10-12-32-17-25-36(26-18-32)38-29-21-34(22-30-38)14-13-33-19-27-37(28-20-33)35-23-15-31(16-24-35)11-9-6-4-2/h21-22,29-33,35-37H,3-20,23-28H2,1-2H3/t31-,32-,33-,35-,36-,37-. The third-order valence-electron chi connectivity index (χ3n) is 11.5. The van der Waals surface area contributed by atoms with Crippen molar-refractivity contribution in [3.05, 3.63) is 35.4 Å². The molecule has 0 N–H and O–H groups in total. The molecule has 0 unspecified atom stereocenters. The third-order valence-corrected chi connectivity index (χ3v) is 11.5. The second-order valence-corrected chi connectivity index (χ2v) is 14.3. The van der Waals surface area contributed by atoms with Crippen LogP contribution in [-0.4, -0.2) is 0 Å². The van der Waals surface area contributed by atoms with E-state index in [-0.39, 0.29) is 0 Å². The van der Waals surface area contributed by atoms with Crippen LogP contribution in [0, 0.1) is 29.6 Å². The minimum absolute atomic E-state index is 0.835. The molecule has 0 spiro atoms. The molecule has 4 rings (SSSR count). The second kappa shape index (κ2) is 17.1. The van der Waals surface area contributed by atoms with Crippen LogP contribution in [0.25, 0.3) is 0 Å². The summed E-state index contributed by atoms with van der Waals surface area (Å²) < 4.78 is 0. The maximum absolute atomic E-state index is 2.50. The van der Waals surface area contributed by atoms with E-state index in [0.717, 1.165) is 35.5 Å². The smallest absolute Gasteiger partial charge is 0.0162 e. The van der Waals surface area contributed by atoms with Gasteiger partial charge in [-0.1, -0.05) is 128 Å². The molecule has 0 radical (unpaired) electrons. The number of unbranched alkanes of at least 4 members (excludes halogenated alkanes) is 6. The molecule has 0 atom stereocenters. The first kappa shape index (κ1) is 30.2. The van der Waals surface area contributed by atoms with Gasteiger partial charge in [0.25, 0.3) is 0 Å². The number of aryl methyl sites for hydroxylation is 1. The molecule has 3 aliphatic rings. The van der Waals surface area contributed by atoms with Crippen LogP contribution in [0.4, 0.5) is 0 Å². The van der Waals surface area contributed by atoms with Gasteiger partial charge in [-0.15, -0.1) is 0 Å². The van der Waals surface area contributed by atoms with E-state index in [9.17, 15) is 0 Å². The highest BCUT2D eigenvalue weighted by Gasteiger charge is 2.30. The summed E-state index contributed by atoms with van der Waals surface area (Å²) in [5.74, 6) is 6.06. The molecule has 38 heavy (non-hydrogen) atoms. The van der Waals surface area contributed by atoms with Crippen LogP contribution >= 0.6 is 0 Å². The van der Waals surface area contributed by atoms with Gasteiger partial charge in [-0.05, 0) is 111 Å². The monoisotopic (exact) mass is 521 g/mol. The summed E-state index contributed by atoms with van der Waals surface area (Å²) in [5, 5.41) is 0. The van der Waals surface area contributed by atoms with Crippen LogP contribution in [0.3, 0.4) is 0 Å². The summed E-state index contributed by atoms with van der Waals surface area (Å²) in [4.78, 5) is 0. The van der Waals surface area contributed by atoms with E-state index < -0.39 is 0 Å². The SMILES string of the molecule is CCCCCCC[C@H]1CC[C@H](c2ccc(CC[C@H]3CC[C@H]([C@H]4CC[C@H](CCCCC)CC4)CC3)cc2)CC1. The Morgan fingerprint density at radius 3 is 1.47 bits per heavy atom. The van der Waals surface area contributed by atoms with E-state index in [1.165, 1.54) is 128 Å². The molecule has 1 aromatic rings. The highest BCUT2D eigenvalue weighted by Crippen LogP contribution is 2.43. The molecule has 0 heteroatoms. The van der Waals surface area contributed by atoms with E-state index in [2.05, 4.69) is 38.1 Å². The van der Waals surface area contributed by atoms with Gasteiger partial charge in [-0.3, -0.25) is 0 Å². The van der Waals surface area contributed by atoms with Gasteiger partial charge in [0.05, 0.1) is 0 Å². The first-order valence-electron chi connectivity index (χ1n) is 17.8. The van der Waals surface area contributed by atoms with E-state index >= 15 is 0 Å². The zero-order chi connectivity index (χ0) is 26.4. The van der Waals surface area contributed by atoms with Crippen molar-refractivity contribution in [2.75, 3.05) is 0 Å². The zero-order valence-electron chi connectivity index (χ0n) is 25.7. The van der Waals surface area contributed by atoms with Crippen molar-refractivity contribution in [1.82, 2.24) is 0 Å². The van der Waals surface area contributed by atoms with Gasteiger partial charge in [0, 0.05) is 0 Å². The maximum Gasteiger partial charge on any atom is -0.0162 e. The van der Waals surface area contributed by atoms with Gasteiger partial charge < -0.3 is 0 Å². The van der Waals surface area contributed by atoms with E-state index in [1.807, 2.05) is 0 Å². The second-order valence-electron chi connectivity index (χ2n) is 14.3. The predicted octanol–water partition coefficient (Wildman–Crippen LogP) is 12.4. The summed E-state index contributed by atoms with van der Waals surface area (Å²) in [7, 11) is 0. The van der Waals surface area contributed by atoms with Crippen molar-refractivity contribution < 1.29 is 0 Å². The summed E-state index contributed by atoms with van der Waals surface area (Å²) >= 11 is 0.